The second-order valence-corrected chi connectivity index (χ2v) is 21.5. The lowest BCUT2D eigenvalue weighted by Gasteiger charge is -2.40. The van der Waals surface area contributed by atoms with Gasteiger partial charge in [-0.1, -0.05) is 290 Å². The van der Waals surface area contributed by atoms with Crippen molar-refractivity contribution in [2.45, 2.75) is 354 Å². The number of carboxylic acid groups (broad SMARTS) is 1. The van der Waals surface area contributed by atoms with Crippen LogP contribution in [0.15, 0.2) is 0 Å². The number of halogens is 1. The van der Waals surface area contributed by atoms with Crippen LogP contribution in [0.1, 0.15) is 348 Å². The molecule has 0 aromatic carbocycles. The van der Waals surface area contributed by atoms with Gasteiger partial charge < -0.3 is 23.2 Å². The molecule has 1 atom stereocenters. The van der Waals surface area contributed by atoms with Crippen molar-refractivity contribution < 1.29 is 26.9 Å². The predicted molar refractivity (Wildman–Crippen MR) is 291 cm³/mol. The van der Waals surface area contributed by atoms with Crippen LogP contribution < -0.4 is 23.6 Å². The maximum Gasteiger partial charge on any atom is 0.326 e. The Kier molecular flexibility index (Phi) is 58.7. The third-order valence-electron chi connectivity index (χ3n) is 15.0. The number of nitrogens with one attached hydrogen (secondary N) is 1. The number of hydrogen-bond acceptors (Lipinski definition) is 3. The summed E-state index contributed by atoms with van der Waals surface area (Å²) in [6.07, 6.45) is 69.1. The van der Waals surface area contributed by atoms with Crippen LogP contribution in [0.25, 0.3) is 0 Å². The van der Waals surface area contributed by atoms with Crippen molar-refractivity contribution in [1.29, 1.82) is 0 Å². The van der Waals surface area contributed by atoms with Crippen LogP contribution in [0, 0.1) is 0 Å². The Morgan fingerprint density at radius 3 is 0.727 bits per heavy atom. The van der Waals surface area contributed by atoms with E-state index in [0.717, 1.165) is 37.1 Å². The van der Waals surface area contributed by atoms with Crippen molar-refractivity contribution in [3.8, 4) is 0 Å². The highest BCUT2D eigenvalue weighted by Gasteiger charge is 2.33. The molecule has 0 aromatic rings. The molecule has 0 aliphatic carbocycles. The number of unbranched alkanes of at least 4 members (excludes halogenated alkanes) is 46. The summed E-state index contributed by atoms with van der Waals surface area (Å²) in [4.78, 5) is 12.7. The van der Waals surface area contributed by atoms with Crippen molar-refractivity contribution in [1.82, 2.24) is 5.43 Å². The van der Waals surface area contributed by atoms with E-state index in [1.807, 2.05) is 0 Å². The highest BCUT2D eigenvalue weighted by Crippen LogP contribution is 2.21. The molecule has 0 amide bonds. The van der Waals surface area contributed by atoms with Gasteiger partial charge in [-0.05, 0) is 64.3 Å². The molecular weight excluding hydrogens is 830 g/mol. The number of nitrogens with two attached hydrogens (primary N) is 1. The van der Waals surface area contributed by atoms with Crippen LogP contribution in [0.5, 0.6) is 0 Å². The molecule has 398 valence electrons. The van der Waals surface area contributed by atoms with Crippen LogP contribution in [-0.4, -0.2) is 47.9 Å². The average Bonchev–Trinajstić information content (AvgIpc) is 3.30. The average molecular weight is 955 g/mol. The number of hydrogen-bond donors (Lipinski definition) is 3. The van der Waals surface area contributed by atoms with Gasteiger partial charge in [-0.25, -0.2) is 4.59 Å². The van der Waals surface area contributed by atoms with Crippen molar-refractivity contribution in [3.05, 3.63) is 0 Å². The van der Waals surface area contributed by atoms with E-state index in [1.54, 1.807) is 0 Å². The van der Waals surface area contributed by atoms with E-state index in [4.69, 9.17) is 5.73 Å². The maximum absolute atomic E-state index is 12.7. The van der Waals surface area contributed by atoms with E-state index in [-0.39, 0.29) is 12.4 Å². The van der Waals surface area contributed by atoms with Gasteiger partial charge >= 0.3 is 5.97 Å². The van der Waals surface area contributed by atoms with Crippen molar-refractivity contribution in [2.75, 3.05) is 26.2 Å². The Morgan fingerprint density at radius 1 is 0.348 bits per heavy atom. The molecule has 0 bridgehead atoms. The zero-order chi connectivity index (χ0) is 47.3. The summed E-state index contributed by atoms with van der Waals surface area (Å²) in [6.45, 7) is 10.8. The van der Waals surface area contributed by atoms with E-state index < -0.39 is 12.0 Å². The van der Waals surface area contributed by atoms with Crippen LogP contribution in [0.3, 0.4) is 0 Å². The summed E-state index contributed by atoms with van der Waals surface area (Å²) >= 11 is 0. The Hall–Kier alpha value is -0.360. The fourth-order valence-electron chi connectivity index (χ4n) is 10.5. The van der Waals surface area contributed by atoms with Gasteiger partial charge in [0.05, 0.1) is 19.6 Å². The number of rotatable bonds is 58. The second-order valence-electron chi connectivity index (χ2n) is 21.5. The molecule has 0 rings (SSSR count). The first-order chi connectivity index (χ1) is 32.0. The normalized spacial score (nSPS) is 12.2. The van der Waals surface area contributed by atoms with Gasteiger partial charge in [-0.3, -0.25) is 4.79 Å². The lowest BCUT2D eigenvalue weighted by atomic mass is 10.0. The van der Waals surface area contributed by atoms with Gasteiger partial charge in [0.2, 0.25) is 0 Å². The smallest absolute Gasteiger partial charge is 0.326 e. The summed E-state index contributed by atoms with van der Waals surface area (Å²) in [6, 6.07) is -0.482. The van der Waals surface area contributed by atoms with E-state index in [9.17, 15) is 9.90 Å². The molecule has 6 heteroatoms. The molecule has 0 heterocycles. The molecule has 66 heavy (non-hydrogen) atoms. The molecule has 4 N–H and O–H groups in total. The summed E-state index contributed by atoms with van der Waals surface area (Å²) in [5.41, 5.74) is 9.75. The van der Waals surface area contributed by atoms with E-state index in [0.29, 0.717) is 13.0 Å². The van der Waals surface area contributed by atoms with Gasteiger partial charge in [0.1, 0.15) is 0 Å². The summed E-state index contributed by atoms with van der Waals surface area (Å²) in [5, 5.41) is 10.5. The lowest BCUT2D eigenvalue weighted by Crippen LogP contribution is -3.00. The van der Waals surface area contributed by atoms with E-state index in [1.165, 1.54) is 308 Å². The minimum absolute atomic E-state index is 0. The SMILES string of the molecule is CCCCCCCCCCCCCCCCCC[N+](CCCCCCCCCCCCCCCCCC)(CCCCCCCCCCCCCCCCCC)N[C@@H](CCCCN)C(=O)O.[Cl-]. The number of aliphatic carboxylic acids is 1. The van der Waals surface area contributed by atoms with Gasteiger partial charge in [0, 0.05) is 0 Å². The summed E-state index contributed by atoms with van der Waals surface area (Å²) < 4.78 is 0.815. The molecule has 0 unspecified atom stereocenters. The summed E-state index contributed by atoms with van der Waals surface area (Å²) in [5.74, 6) is -0.671. The van der Waals surface area contributed by atoms with Crippen LogP contribution >= 0.6 is 0 Å². The fourth-order valence-corrected chi connectivity index (χ4v) is 10.5. The fraction of sp³-hybridized carbons (Fsp3) is 0.983. The van der Waals surface area contributed by atoms with Crippen LogP contribution in [0.4, 0.5) is 0 Å². The molecule has 0 fully saturated rings. The van der Waals surface area contributed by atoms with Crippen molar-refractivity contribution in [3.63, 3.8) is 0 Å². The Morgan fingerprint density at radius 2 is 0.545 bits per heavy atom. The first-order valence-corrected chi connectivity index (χ1v) is 30.6. The number of carbonyl (C=O) groups is 1. The minimum Gasteiger partial charge on any atom is -1.00 e. The molecule has 0 spiro atoms. The number of nitrogens with zero attached hydrogens (tertiary/aromatic N) is 1. The molecule has 0 radical (unpaired) electrons. The highest BCUT2D eigenvalue weighted by atomic mass is 35.5. The third kappa shape index (κ3) is 50.0. The molecule has 0 aliphatic heterocycles. The molecule has 0 saturated heterocycles. The first-order valence-electron chi connectivity index (χ1n) is 30.6. The van der Waals surface area contributed by atoms with Gasteiger partial charge in [-0.2, -0.15) is 5.43 Å². The molecule has 0 saturated carbocycles. The molecule has 5 nitrogen and oxygen atoms in total. The topological polar surface area (TPSA) is 75.3 Å². The summed E-state index contributed by atoms with van der Waals surface area (Å²) in [7, 11) is 0. The molecule has 0 aromatic heterocycles. The Labute approximate surface area is 422 Å². The second kappa shape index (κ2) is 57.2. The lowest BCUT2D eigenvalue weighted by molar-refractivity contribution is -0.972. The Bertz CT molecular complexity index is 817. The standard InChI is InChI=1S/C60H123N3O2.ClH/c1-4-7-10-13-16-19-22-25-28-31-34-37-40-43-46-51-56-63(62-59(60(64)65)54-49-50-55-61,57-52-47-44-41-38-35-32-29-26-23-20-17-14-11-8-5-2)58-53-48-45-42-39-36-33-30-27-24-21-18-15-12-9-6-3;/h59,62H,4-58,61H2,1-3H3;1H/t59-;/m0./s1. The molecule has 0 aliphatic rings. The first kappa shape index (κ1) is 67.7. The quantitative estimate of drug-likeness (QED) is 0.0323. The van der Waals surface area contributed by atoms with Crippen LogP contribution in [-0.2, 0) is 4.79 Å². The monoisotopic (exact) mass is 954 g/mol. The number of carboxylic acids is 1. The zero-order valence-electron chi connectivity index (χ0n) is 45.7. The van der Waals surface area contributed by atoms with Gasteiger partial charge in [0.15, 0.2) is 6.04 Å². The van der Waals surface area contributed by atoms with E-state index in [2.05, 4.69) is 26.2 Å². The predicted octanol–water partition coefficient (Wildman–Crippen LogP) is 16.7. The number of quaternary nitrogens is 1. The Balaban J connectivity index is 0. The maximum atomic E-state index is 12.7. The largest absolute Gasteiger partial charge is 1.00 e. The van der Waals surface area contributed by atoms with Gasteiger partial charge in [-0.15, -0.1) is 0 Å². The van der Waals surface area contributed by atoms with E-state index >= 15 is 0 Å². The third-order valence-corrected chi connectivity index (χ3v) is 15.0. The molecular formula is C60H124ClN3O2. The van der Waals surface area contributed by atoms with Crippen molar-refractivity contribution in [2.24, 2.45) is 5.73 Å². The highest BCUT2D eigenvalue weighted by molar-refractivity contribution is 5.73. The zero-order valence-corrected chi connectivity index (χ0v) is 46.5. The minimum atomic E-state index is -0.671. The van der Waals surface area contributed by atoms with Gasteiger partial charge in [0.25, 0.3) is 0 Å². The van der Waals surface area contributed by atoms with Crippen molar-refractivity contribution >= 4 is 5.97 Å². The van der Waals surface area contributed by atoms with Crippen LogP contribution in [0.2, 0.25) is 0 Å².